The van der Waals surface area contributed by atoms with E-state index in [-0.39, 0.29) is 18.3 Å². The number of nitrogens with zero attached hydrogens (tertiary/aromatic N) is 1. The van der Waals surface area contributed by atoms with Gasteiger partial charge < -0.3 is 10.1 Å². The summed E-state index contributed by atoms with van der Waals surface area (Å²) in [5.41, 5.74) is 0. The van der Waals surface area contributed by atoms with Gasteiger partial charge in [0.15, 0.2) is 17.5 Å². The quantitative estimate of drug-likeness (QED) is 0.903. The molecule has 0 fully saturated rings. The summed E-state index contributed by atoms with van der Waals surface area (Å²) in [4.78, 5) is 4.73. The predicted octanol–water partition coefficient (Wildman–Crippen LogP) is 3.43. The van der Waals surface area contributed by atoms with Gasteiger partial charge >= 0.3 is 0 Å². The molecule has 1 N–H and O–H groups in total. The van der Waals surface area contributed by atoms with Crippen LogP contribution in [0.1, 0.15) is 11.8 Å². The van der Waals surface area contributed by atoms with Crippen LogP contribution in [0, 0.1) is 11.6 Å². The molecule has 0 aliphatic heterocycles. The van der Waals surface area contributed by atoms with Crippen LogP contribution in [0.4, 0.5) is 14.6 Å². The Morgan fingerprint density at radius 1 is 1.39 bits per heavy atom. The van der Waals surface area contributed by atoms with Crippen molar-refractivity contribution in [3.8, 4) is 5.88 Å². The number of hydrogen-bond acceptors (Lipinski definition) is 4. The Bertz CT molecular complexity index is 517. The molecule has 2 aromatic rings. The number of rotatable bonds is 5. The standard InChI is InChI=1S/C12H12F2N2OS/c1-2-15-11-9(13)6-10(14)12(16-11)17-7-8-4-3-5-18-8/h3-6H,2,7H2,1H3,(H,15,16). The molecule has 0 saturated heterocycles. The summed E-state index contributed by atoms with van der Waals surface area (Å²) in [7, 11) is 0. The van der Waals surface area contributed by atoms with Crippen molar-refractivity contribution in [3.63, 3.8) is 0 Å². The van der Waals surface area contributed by atoms with Gasteiger partial charge in [-0.25, -0.2) is 8.78 Å². The highest BCUT2D eigenvalue weighted by atomic mass is 32.1. The zero-order valence-corrected chi connectivity index (χ0v) is 10.6. The molecule has 0 bridgehead atoms. The van der Waals surface area contributed by atoms with Crippen LogP contribution in [0.15, 0.2) is 23.6 Å². The fraction of sp³-hybridized carbons (Fsp3) is 0.250. The van der Waals surface area contributed by atoms with Crippen molar-refractivity contribution in [2.45, 2.75) is 13.5 Å². The normalized spacial score (nSPS) is 10.4. The van der Waals surface area contributed by atoms with Crippen LogP contribution >= 0.6 is 11.3 Å². The molecule has 6 heteroatoms. The van der Waals surface area contributed by atoms with Crippen molar-refractivity contribution in [1.29, 1.82) is 0 Å². The number of halogens is 2. The molecule has 0 amide bonds. The van der Waals surface area contributed by atoms with Crippen molar-refractivity contribution in [1.82, 2.24) is 4.98 Å². The van der Waals surface area contributed by atoms with E-state index in [1.165, 1.54) is 11.3 Å². The van der Waals surface area contributed by atoms with Crippen molar-refractivity contribution in [3.05, 3.63) is 40.1 Å². The third-order valence-electron chi connectivity index (χ3n) is 2.17. The lowest BCUT2D eigenvalue weighted by Crippen LogP contribution is -2.06. The number of hydrogen-bond donors (Lipinski definition) is 1. The minimum atomic E-state index is -0.800. The fourth-order valence-electron chi connectivity index (χ4n) is 1.38. The molecule has 3 nitrogen and oxygen atoms in total. The average molecular weight is 270 g/mol. The van der Waals surface area contributed by atoms with Gasteiger partial charge in [-0.15, -0.1) is 11.3 Å². The Kier molecular flexibility index (Phi) is 4.09. The topological polar surface area (TPSA) is 34.2 Å². The van der Waals surface area contributed by atoms with E-state index in [0.29, 0.717) is 6.54 Å². The smallest absolute Gasteiger partial charge is 0.252 e. The van der Waals surface area contributed by atoms with Crippen LogP contribution in [0.5, 0.6) is 5.88 Å². The molecule has 0 aromatic carbocycles. The molecular formula is C12H12F2N2OS. The summed E-state index contributed by atoms with van der Waals surface area (Å²) < 4.78 is 32.0. The van der Waals surface area contributed by atoms with Gasteiger partial charge in [0.25, 0.3) is 5.88 Å². The zero-order chi connectivity index (χ0) is 13.0. The fourth-order valence-corrected chi connectivity index (χ4v) is 1.99. The van der Waals surface area contributed by atoms with Gasteiger partial charge in [0.1, 0.15) is 6.61 Å². The van der Waals surface area contributed by atoms with E-state index in [2.05, 4.69) is 10.3 Å². The Morgan fingerprint density at radius 3 is 2.89 bits per heavy atom. The lowest BCUT2D eigenvalue weighted by Gasteiger charge is -2.09. The van der Waals surface area contributed by atoms with E-state index < -0.39 is 11.6 Å². The minimum Gasteiger partial charge on any atom is -0.470 e. The first-order valence-corrected chi connectivity index (χ1v) is 6.33. The number of nitrogens with one attached hydrogen (secondary N) is 1. The monoisotopic (exact) mass is 270 g/mol. The number of aromatic nitrogens is 1. The number of anilines is 1. The lowest BCUT2D eigenvalue weighted by molar-refractivity contribution is 0.279. The summed E-state index contributed by atoms with van der Waals surface area (Å²) in [6, 6.07) is 4.52. The van der Waals surface area contributed by atoms with Gasteiger partial charge in [-0.3, -0.25) is 0 Å². The summed E-state index contributed by atoms with van der Waals surface area (Å²) in [6.07, 6.45) is 0. The molecule has 2 heterocycles. The maximum Gasteiger partial charge on any atom is 0.252 e. The highest BCUT2D eigenvalue weighted by Gasteiger charge is 2.12. The van der Waals surface area contributed by atoms with Crippen LogP contribution < -0.4 is 10.1 Å². The summed E-state index contributed by atoms with van der Waals surface area (Å²) in [6.45, 7) is 2.52. The number of pyridine rings is 1. The summed E-state index contributed by atoms with van der Waals surface area (Å²) >= 11 is 1.50. The van der Waals surface area contributed by atoms with Crippen LogP contribution in [-0.4, -0.2) is 11.5 Å². The van der Waals surface area contributed by atoms with E-state index in [0.717, 1.165) is 10.9 Å². The molecule has 0 radical (unpaired) electrons. The van der Waals surface area contributed by atoms with Crippen LogP contribution in [0.2, 0.25) is 0 Å². The van der Waals surface area contributed by atoms with Gasteiger partial charge in [0.2, 0.25) is 0 Å². The average Bonchev–Trinajstić information content (AvgIpc) is 2.84. The van der Waals surface area contributed by atoms with Crippen LogP contribution in [-0.2, 0) is 6.61 Å². The highest BCUT2D eigenvalue weighted by molar-refractivity contribution is 7.09. The van der Waals surface area contributed by atoms with Crippen molar-refractivity contribution < 1.29 is 13.5 Å². The maximum absolute atomic E-state index is 13.4. The first-order chi connectivity index (χ1) is 8.70. The van der Waals surface area contributed by atoms with Gasteiger partial charge in [-0.1, -0.05) is 6.07 Å². The third-order valence-corrected chi connectivity index (χ3v) is 3.02. The highest BCUT2D eigenvalue weighted by Crippen LogP contribution is 2.22. The largest absolute Gasteiger partial charge is 0.470 e. The van der Waals surface area contributed by atoms with Crippen molar-refractivity contribution >= 4 is 17.2 Å². The van der Waals surface area contributed by atoms with E-state index in [9.17, 15) is 8.78 Å². The molecule has 0 spiro atoms. The second-order valence-corrected chi connectivity index (χ2v) is 4.54. The first kappa shape index (κ1) is 12.8. The molecule has 0 aliphatic rings. The molecule has 18 heavy (non-hydrogen) atoms. The SMILES string of the molecule is CCNc1nc(OCc2cccs2)c(F)cc1F. The van der Waals surface area contributed by atoms with E-state index in [1.54, 1.807) is 6.92 Å². The lowest BCUT2D eigenvalue weighted by atomic mass is 10.4. The van der Waals surface area contributed by atoms with Crippen LogP contribution in [0.3, 0.4) is 0 Å². The Morgan fingerprint density at radius 2 is 2.22 bits per heavy atom. The first-order valence-electron chi connectivity index (χ1n) is 5.45. The molecule has 96 valence electrons. The van der Waals surface area contributed by atoms with Crippen LogP contribution in [0.25, 0.3) is 0 Å². The summed E-state index contributed by atoms with van der Waals surface area (Å²) in [5.74, 6) is -1.72. The Labute approximate surface area is 107 Å². The van der Waals surface area contributed by atoms with E-state index in [1.807, 2.05) is 17.5 Å². The number of thiophene rings is 1. The molecule has 2 rings (SSSR count). The molecule has 0 aliphatic carbocycles. The van der Waals surface area contributed by atoms with E-state index in [4.69, 9.17) is 4.74 Å². The zero-order valence-electron chi connectivity index (χ0n) is 9.74. The minimum absolute atomic E-state index is 0.0000737. The van der Waals surface area contributed by atoms with Gasteiger partial charge in [-0.05, 0) is 18.4 Å². The Balaban J connectivity index is 2.13. The molecule has 2 aromatic heterocycles. The Hall–Kier alpha value is -1.69. The summed E-state index contributed by atoms with van der Waals surface area (Å²) in [5, 5.41) is 4.61. The van der Waals surface area contributed by atoms with Crippen molar-refractivity contribution in [2.24, 2.45) is 0 Å². The van der Waals surface area contributed by atoms with Gasteiger partial charge in [-0.2, -0.15) is 4.98 Å². The predicted molar refractivity (Wildman–Crippen MR) is 67.0 cm³/mol. The number of ether oxygens (including phenoxy) is 1. The van der Waals surface area contributed by atoms with Gasteiger partial charge in [0, 0.05) is 17.5 Å². The van der Waals surface area contributed by atoms with Gasteiger partial charge in [0.05, 0.1) is 0 Å². The van der Waals surface area contributed by atoms with Crippen molar-refractivity contribution in [2.75, 3.05) is 11.9 Å². The third kappa shape index (κ3) is 2.95. The molecule has 0 unspecified atom stereocenters. The molecular weight excluding hydrogens is 258 g/mol. The second kappa shape index (κ2) is 5.77. The molecule has 0 atom stereocenters. The molecule has 0 saturated carbocycles. The second-order valence-electron chi connectivity index (χ2n) is 3.50. The maximum atomic E-state index is 13.4. The van der Waals surface area contributed by atoms with E-state index >= 15 is 0 Å².